The normalized spacial score (nSPS) is 24.1. The van der Waals surface area contributed by atoms with Crippen LogP contribution in [-0.4, -0.2) is 13.1 Å². The molecular formula is C14H21N. The van der Waals surface area contributed by atoms with Crippen LogP contribution in [-0.2, 0) is 6.42 Å². The molecule has 1 aromatic carbocycles. The maximum Gasteiger partial charge on any atom is -0.00116 e. The van der Waals surface area contributed by atoms with Gasteiger partial charge in [0.15, 0.2) is 0 Å². The third-order valence-electron chi connectivity index (χ3n) is 3.57. The molecule has 0 aromatic heterocycles. The highest BCUT2D eigenvalue weighted by Gasteiger charge is 2.27. The summed E-state index contributed by atoms with van der Waals surface area (Å²) in [6.45, 7) is 6.91. The quantitative estimate of drug-likeness (QED) is 0.742. The van der Waals surface area contributed by atoms with Gasteiger partial charge in [-0.15, -0.1) is 0 Å². The number of nitrogens with one attached hydrogen (secondary N) is 1. The molecule has 0 spiro atoms. The molecule has 0 amide bonds. The molecule has 0 bridgehead atoms. The van der Waals surface area contributed by atoms with Crippen molar-refractivity contribution in [3.63, 3.8) is 0 Å². The molecule has 0 saturated carbocycles. The van der Waals surface area contributed by atoms with Crippen molar-refractivity contribution in [3.8, 4) is 0 Å². The second-order valence-corrected chi connectivity index (χ2v) is 4.66. The van der Waals surface area contributed by atoms with Gasteiger partial charge >= 0.3 is 0 Å². The summed E-state index contributed by atoms with van der Waals surface area (Å²) in [4.78, 5) is 0. The Hall–Kier alpha value is -0.820. The van der Waals surface area contributed by atoms with Crippen molar-refractivity contribution in [3.05, 3.63) is 35.4 Å². The second-order valence-electron chi connectivity index (χ2n) is 4.66. The standard InChI is InChI=1S/C14H21N/c1-3-8-15-10-13-9-12-6-4-5-7-14(12)11(13)2/h4-7,11,13,15H,3,8-10H2,1-2H3/t11-,13+/m0/s1. The third kappa shape index (κ3) is 2.23. The summed E-state index contributed by atoms with van der Waals surface area (Å²) in [5.74, 6) is 1.53. The molecule has 2 atom stereocenters. The van der Waals surface area contributed by atoms with E-state index in [9.17, 15) is 0 Å². The van der Waals surface area contributed by atoms with Crippen LogP contribution in [0.4, 0.5) is 0 Å². The zero-order chi connectivity index (χ0) is 10.7. The molecule has 2 rings (SSSR count). The first-order chi connectivity index (χ1) is 7.33. The first kappa shape index (κ1) is 10.7. The molecule has 1 nitrogen and oxygen atoms in total. The van der Waals surface area contributed by atoms with Crippen LogP contribution in [0.15, 0.2) is 24.3 Å². The van der Waals surface area contributed by atoms with Gasteiger partial charge in [0, 0.05) is 0 Å². The highest BCUT2D eigenvalue weighted by Crippen LogP contribution is 2.36. The minimum Gasteiger partial charge on any atom is -0.316 e. The molecule has 1 aromatic rings. The van der Waals surface area contributed by atoms with Gasteiger partial charge in [-0.3, -0.25) is 0 Å². The fourth-order valence-corrected chi connectivity index (χ4v) is 2.59. The van der Waals surface area contributed by atoms with Crippen molar-refractivity contribution in [2.24, 2.45) is 5.92 Å². The number of benzene rings is 1. The Morgan fingerprint density at radius 2 is 2.13 bits per heavy atom. The van der Waals surface area contributed by atoms with Crippen molar-refractivity contribution in [2.75, 3.05) is 13.1 Å². The van der Waals surface area contributed by atoms with Crippen molar-refractivity contribution in [1.29, 1.82) is 0 Å². The molecule has 1 aliphatic carbocycles. The maximum atomic E-state index is 3.54. The van der Waals surface area contributed by atoms with E-state index in [0.717, 1.165) is 18.4 Å². The van der Waals surface area contributed by atoms with Crippen LogP contribution in [0.25, 0.3) is 0 Å². The van der Waals surface area contributed by atoms with Crippen LogP contribution >= 0.6 is 0 Å². The first-order valence-corrected chi connectivity index (χ1v) is 6.11. The summed E-state index contributed by atoms with van der Waals surface area (Å²) in [7, 11) is 0. The minimum absolute atomic E-state index is 0.727. The van der Waals surface area contributed by atoms with E-state index in [2.05, 4.69) is 43.4 Å². The summed E-state index contributed by atoms with van der Waals surface area (Å²) < 4.78 is 0. The lowest BCUT2D eigenvalue weighted by Crippen LogP contribution is -2.25. The van der Waals surface area contributed by atoms with E-state index in [1.807, 2.05) is 0 Å². The van der Waals surface area contributed by atoms with Crippen molar-refractivity contribution >= 4 is 0 Å². The second kappa shape index (κ2) is 4.80. The topological polar surface area (TPSA) is 12.0 Å². The van der Waals surface area contributed by atoms with E-state index in [0.29, 0.717) is 0 Å². The van der Waals surface area contributed by atoms with Crippen LogP contribution < -0.4 is 5.32 Å². The molecule has 0 saturated heterocycles. The monoisotopic (exact) mass is 203 g/mol. The molecule has 1 aliphatic rings. The SMILES string of the molecule is CCCNC[C@H]1Cc2ccccc2[C@H]1C. The van der Waals surface area contributed by atoms with Gasteiger partial charge in [-0.1, -0.05) is 38.1 Å². The van der Waals surface area contributed by atoms with Crippen LogP contribution in [0.1, 0.15) is 37.3 Å². The lowest BCUT2D eigenvalue weighted by atomic mass is 9.94. The highest BCUT2D eigenvalue weighted by molar-refractivity contribution is 5.35. The zero-order valence-electron chi connectivity index (χ0n) is 9.79. The summed E-state index contributed by atoms with van der Waals surface area (Å²) in [6.07, 6.45) is 2.49. The van der Waals surface area contributed by atoms with Gasteiger partial charge in [0.05, 0.1) is 0 Å². The van der Waals surface area contributed by atoms with Crippen molar-refractivity contribution in [2.45, 2.75) is 32.6 Å². The molecule has 0 unspecified atom stereocenters. The smallest absolute Gasteiger partial charge is 0.00116 e. The zero-order valence-corrected chi connectivity index (χ0v) is 9.79. The van der Waals surface area contributed by atoms with E-state index >= 15 is 0 Å². The molecule has 0 heterocycles. The molecule has 1 N–H and O–H groups in total. The van der Waals surface area contributed by atoms with Gasteiger partial charge in [0.2, 0.25) is 0 Å². The predicted octanol–water partition coefficient (Wildman–Crippen LogP) is 2.96. The third-order valence-corrected chi connectivity index (χ3v) is 3.57. The Morgan fingerprint density at radius 1 is 1.33 bits per heavy atom. The summed E-state index contributed by atoms with van der Waals surface area (Å²) in [6, 6.07) is 8.90. The summed E-state index contributed by atoms with van der Waals surface area (Å²) in [5.41, 5.74) is 3.13. The average Bonchev–Trinajstić information content (AvgIpc) is 2.57. The average molecular weight is 203 g/mol. The van der Waals surface area contributed by atoms with Crippen molar-refractivity contribution in [1.82, 2.24) is 5.32 Å². The predicted molar refractivity (Wildman–Crippen MR) is 65.2 cm³/mol. The fraction of sp³-hybridized carbons (Fsp3) is 0.571. The van der Waals surface area contributed by atoms with Crippen LogP contribution in [0.5, 0.6) is 0 Å². The van der Waals surface area contributed by atoms with Crippen LogP contribution in [0.3, 0.4) is 0 Å². The minimum atomic E-state index is 0.727. The Kier molecular flexibility index (Phi) is 3.42. The van der Waals surface area contributed by atoms with Crippen LogP contribution in [0, 0.1) is 5.92 Å². The fourth-order valence-electron chi connectivity index (χ4n) is 2.59. The van der Waals surface area contributed by atoms with Gasteiger partial charge in [-0.2, -0.15) is 0 Å². The maximum absolute atomic E-state index is 3.54. The van der Waals surface area contributed by atoms with E-state index in [1.54, 1.807) is 11.1 Å². The Morgan fingerprint density at radius 3 is 2.87 bits per heavy atom. The number of rotatable bonds is 4. The highest BCUT2D eigenvalue weighted by atomic mass is 14.9. The molecule has 0 aliphatic heterocycles. The number of hydrogen-bond acceptors (Lipinski definition) is 1. The molecule has 0 radical (unpaired) electrons. The van der Waals surface area contributed by atoms with E-state index in [4.69, 9.17) is 0 Å². The lowest BCUT2D eigenvalue weighted by molar-refractivity contribution is 0.443. The Bertz CT molecular complexity index is 319. The Labute approximate surface area is 92.9 Å². The van der Waals surface area contributed by atoms with E-state index < -0.39 is 0 Å². The molecule has 15 heavy (non-hydrogen) atoms. The summed E-state index contributed by atoms with van der Waals surface area (Å²) >= 11 is 0. The van der Waals surface area contributed by atoms with Gasteiger partial charge in [-0.05, 0) is 48.9 Å². The van der Waals surface area contributed by atoms with Crippen LogP contribution in [0.2, 0.25) is 0 Å². The molecule has 1 heteroatoms. The van der Waals surface area contributed by atoms with E-state index in [-0.39, 0.29) is 0 Å². The number of fused-ring (bicyclic) bond motifs is 1. The Balaban J connectivity index is 1.97. The number of hydrogen-bond donors (Lipinski definition) is 1. The lowest BCUT2D eigenvalue weighted by Gasteiger charge is -2.16. The molecule has 82 valence electrons. The molecule has 0 fully saturated rings. The first-order valence-electron chi connectivity index (χ1n) is 6.11. The van der Waals surface area contributed by atoms with Crippen molar-refractivity contribution < 1.29 is 0 Å². The van der Waals surface area contributed by atoms with Gasteiger partial charge in [-0.25, -0.2) is 0 Å². The van der Waals surface area contributed by atoms with Gasteiger partial charge in [0.25, 0.3) is 0 Å². The summed E-state index contributed by atoms with van der Waals surface area (Å²) in [5, 5.41) is 3.54. The molecular weight excluding hydrogens is 182 g/mol. The van der Waals surface area contributed by atoms with Gasteiger partial charge < -0.3 is 5.32 Å². The van der Waals surface area contributed by atoms with Gasteiger partial charge in [0.1, 0.15) is 0 Å². The largest absolute Gasteiger partial charge is 0.316 e. The van der Waals surface area contributed by atoms with E-state index in [1.165, 1.54) is 19.4 Å².